The highest BCUT2D eigenvalue weighted by atomic mass is 16.5. The minimum atomic E-state index is -0.272. The van der Waals surface area contributed by atoms with Crippen LogP contribution in [0.1, 0.15) is 41.6 Å². The predicted octanol–water partition coefficient (Wildman–Crippen LogP) is 2.41. The molecule has 0 atom stereocenters. The predicted molar refractivity (Wildman–Crippen MR) is 99.3 cm³/mol. The number of carbonyl (C=O) groups is 2. The lowest BCUT2D eigenvalue weighted by Gasteiger charge is -2.21. The van der Waals surface area contributed by atoms with Crippen molar-refractivity contribution in [1.82, 2.24) is 15.4 Å². The number of hydrogen-bond donors (Lipinski definition) is 1. The summed E-state index contributed by atoms with van der Waals surface area (Å²) in [7, 11) is 1.64. The fourth-order valence-electron chi connectivity index (χ4n) is 2.85. The molecular weight excluding hydrogens is 346 g/mol. The molecule has 3 rings (SSSR count). The second-order valence-corrected chi connectivity index (χ2v) is 6.67. The number of carbonyl (C=O) groups excluding carboxylic acids is 2. The zero-order chi connectivity index (χ0) is 19.2. The molecule has 27 heavy (non-hydrogen) atoms. The van der Waals surface area contributed by atoms with Crippen molar-refractivity contribution in [1.29, 1.82) is 0 Å². The number of nitrogens with zero attached hydrogens (tertiary/aromatic N) is 2. The Morgan fingerprint density at radius 2 is 2.04 bits per heavy atom. The standard InChI is InChI=1S/C20H25N3O4/c1-3-21-19(24)18-12-17(27-22-18)13-23(20(25)15-6-7-15)11-10-14-4-8-16(26-2)9-5-14/h4-5,8-9,12,15H,3,6-7,10-11,13H2,1-2H3,(H,21,24). The lowest BCUT2D eigenvalue weighted by molar-refractivity contribution is -0.133. The first-order valence-electron chi connectivity index (χ1n) is 9.26. The third-order valence-corrected chi connectivity index (χ3v) is 4.54. The van der Waals surface area contributed by atoms with Gasteiger partial charge in [-0.05, 0) is 43.9 Å². The van der Waals surface area contributed by atoms with E-state index in [1.54, 1.807) is 18.1 Å². The van der Waals surface area contributed by atoms with Gasteiger partial charge in [-0.3, -0.25) is 9.59 Å². The second-order valence-electron chi connectivity index (χ2n) is 6.67. The summed E-state index contributed by atoms with van der Waals surface area (Å²) in [5, 5.41) is 6.49. The van der Waals surface area contributed by atoms with E-state index >= 15 is 0 Å². The van der Waals surface area contributed by atoms with Crippen LogP contribution in [-0.4, -0.2) is 42.1 Å². The molecule has 1 aromatic carbocycles. The summed E-state index contributed by atoms with van der Waals surface area (Å²) < 4.78 is 10.4. The lowest BCUT2D eigenvalue weighted by Crippen LogP contribution is -2.33. The number of methoxy groups -OCH3 is 1. The van der Waals surface area contributed by atoms with Crippen molar-refractivity contribution in [2.45, 2.75) is 32.7 Å². The fraction of sp³-hybridized carbons (Fsp3) is 0.450. The van der Waals surface area contributed by atoms with Crippen molar-refractivity contribution in [3.8, 4) is 5.75 Å². The van der Waals surface area contributed by atoms with E-state index in [0.29, 0.717) is 25.4 Å². The quantitative estimate of drug-likeness (QED) is 0.732. The minimum absolute atomic E-state index is 0.117. The van der Waals surface area contributed by atoms with Gasteiger partial charge in [0.2, 0.25) is 5.91 Å². The molecule has 144 valence electrons. The van der Waals surface area contributed by atoms with Crippen molar-refractivity contribution in [3.63, 3.8) is 0 Å². The Balaban J connectivity index is 1.64. The van der Waals surface area contributed by atoms with Gasteiger partial charge in [-0.1, -0.05) is 17.3 Å². The van der Waals surface area contributed by atoms with Crippen molar-refractivity contribution in [3.05, 3.63) is 47.3 Å². The highest BCUT2D eigenvalue weighted by Crippen LogP contribution is 2.31. The average molecular weight is 371 g/mol. The van der Waals surface area contributed by atoms with E-state index in [1.165, 1.54) is 0 Å². The number of amides is 2. The van der Waals surface area contributed by atoms with Crippen LogP contribution in [0.5, 0.6) is 5.75 Å². The molecule has 1 N–H and O–H groups in total. The average Bonchev–Trinajstić information content (AvgIpc) is 3.43. The van der Waals surface area contributed by atoms with Crippen LogP contribution in [0.4, 0.5) is 0 Å². The second kappa shape index (κ2) is 8.70. The molecule has 1 fully saturated rings. The molecule has 0 saturated heterocycles. The van der Waals surface area contributed by atoms with Gasteiger partial charge in [0.05, 0.1) is 13.7 Å². The van der Waals surface area contributed by atoms with Crippen molar-refractivity contribution >= 4 is 11.8 Å². The molecule has 1 aliphatic carbocycles. The monoisotopic (exact) mass is 371 g/mol. The highest BCUT2D eigenvalue weighted by Gasteiger charge is 2.33. The van der Waals surface area contributed by atoms with Crippen LogP contribution in [0.2, 0.25) is 0 Å². The van der Waals surface area contributed by atoms with Crippen molar-refractivity contribution < 1.29 is 18.8 Å². The number of rotatable bonds is 9. The van der Waals surface area contributed by atoms with Gasteiger partial charge >= 0.3 is 0 Å². The molecule has 0 unspecified atom stereocenters. The van der Waals surface area contributed by atoms with Gasteiger partial charge in [0.15, 0.2) is 11.5 Å². The Bertz CT molecular complexity index is 781. The Hall–Kier alpha value is -2.83. The Morgan fingerprint density at radius 1 is 1.30 bits per heavy atom. The van der Waals surface area contributed by atoms with Gasteiger partial charge in [-0.25, -0.2) is 0 Å². The Kier molecular flexibility index (Phi) is 6.11. The molecule has 1 saturated carbocycles. The first-order chi connectivity index (χ1) is 13.1. The van der Waals surface area contributed by atoms with E-state index < -0.39 is 0 Å². The number of ether oxygens (including phenoxy) is 1. The van der Waals surface area contributed by atoms with E-state index in [9.17, 15) is 9.59 Å². The van der Waals surface area contributed by atoms with Crippen LogP contribution in [0.3, 0.4) is 0 Å². The summed E-state index contributed by atoms with van der Waals surface area (Å²) in [6.07, 6.45) is 2.62. The van der Waals surface area contributed by atoms with Crippen LogP contribution in [0.15, 0.2) is 34.9 Å². The van der Waals surface area contributed by atoms with E-state index in [4.69, 9.17) is 9.26 Å². The molecule has 0 aliphatic heterocycles. The largest absolute Gasteiger partial charge is 0.497 e. The number of nitrogens with one attached hydrogen (secondary N) is 1. The van der Waals surface area contributed by atoms with E-state index in [2.05, 4.69) is 10.5 Å². The van der Waals surface area contributed by atoms with Crippen molar-refractivity contribution in [2.24, 2.45) is 5.92 Å². The molecule has 1 aromatic heterocycles. The van der Waals surface area contributed by atoms with Gasteiger partial charge in [-0.15, -0.1) is 0 Å². The van der Waals surface area contributed by atoms with Crippen molar-refractivity contribution in [2.75, 3.05) is 20.2 Å². The van der Waals surface area contributed by atoms with Gasteiger partial charge in [-0.2, -0.15) is 0 Å². The topological polar surface area (TPSA) is 84.7 Å². The first-order valence-corrected chi connectivity index (χ1v) is 9.26. The van der Waals surface area contributed by atoms with Gasteiger partial charge < -0.3 is 19.5 Å². The molecule has 1 heterocycles. The van der Waals surface area contributed by atoms with Gasteiger partial charge in [0.1, 0.15) is 5.75 Å². The Morgan fingerprint density at radius 3 is 2.67 bits per heavy atom. The zero-order valence-electron chi connectivity index (χ0n) is 15.7. The summed E-state index contributed by atoms with van der Waals surface area (Å²) in [5.41, 5.74) is 1.37. The maximum Gasteiger partial charge on any atom is 0.273 e. The fourth-order valence-corrected chi connectivity index (χ4v) is 2.85. The zero-order valence-corrected chi connectivity index (χ0v) is 15.7. The molecular formula is C20H25N3O4. The summed E-state index contributed by atoms with van der Waals surface area (Å²) in [6, 6.07) is 9.43. The first kappa shape index (κ1) is 18.9. The maximum atomic E-state index is 12.6. The minimum Gasteiger partial charge on any atom is -0.497 e. The smallest absolute Gasteiger partial charge is 0.273 e. The summed E-state index contributed by atoms with van der Waals surface area (Å²) >= 11 is 0. The van der Waals surface area contributed by atoms with Crippen LogP contribution >= 0.6 is 0 Å². The highest BCUT2D eigenvalue weighted by molar-refractivity contribution is 5.92. The number of hydrogen-bond acceptors (Lipinski definition) is 5. The van der Waals surface area contributed by atoms with Gasteiger partial charge in [0.25, 0.3) is 5.91 Å². The summed E-state index contributed by atoms with van der Waals surface area (Å²) in [4.78, 5) is 26.3. The Labute approximate surface area is 158 Å². The number of aromatic nitrogens is 1. The van der Waals surface area contributed by atoms with Crippen LogP contribution in [0.25, 0.3) is 0 Å². The maximum absolute atomic E-state index is 12.6. The normalized spacial score (nSPS) is 13.3. The molecule has 0 spiro atoms. The van der Waals surface area contributed by atoms with E-state index in [-0.39, 0.29) is 23.4 Å². The third kappa shape index (κ3) is 5.09. The SMILES string of the molecule is CCNC(=O)c1cc(CN(CCc2ccc(OC)cc2)C(=O)C2CC2)on1. The molecule has 0 radical (unpaired) electrons. The summed E-state index contributed by atoms with van der Waals surface area (Å²) in [5.74, 6) is 1.31. The molecule has 0 bridgehead atoms. The summed E-state index contributed by atoms with van der Waals surface area (Å²) in [6.45, 7) is 3.26. The van der Waals surface area contributed by atoms with Crippen LogP contribution in [-0.2, 0) is 17.8 Å². The molecule has 7 heteroatoms. The molecule has 2 aromatic rings. The van der Waals surface area contributed by atoms with E-state index in [0.717, 1.165) is 30.6 Å². The third-order valence-electron chi connectivity index (χ3n) is 4.54. The molecule has 2 amide bonds. The molecule has 7 nitrogen and oxygen atoms in total. The van der Waals surface area contributed by atoms with Gasteiger partial charge in [0, 0.05) is 25.1 Å². The number of benzene rings is 1. The molecule has 1 aliphatic rings. The lowest BCUT2D eigenvalue weighted by atomic mass is 10.1. The van der Waals surface area contributed by atoms with Crippen LogP contribution < -0.4 is 10.1 Å². The van der Waals surface area contributed by atoms with E-state index in [1.807, 2.05) is 31.2 Å². The van der Waals surface area contributed by atoms with Crippen LogP contribution in [0, 0.1) is 5.92 Å².